The molecule has 0 bridgehead atoms. The molecule has 0 spiro atoms. The number of methoxy groups -OCH3 is 1. The van der Waals surface area contributed by atoms with E-state index in [0.717, 1.165) is 22.5 Å². The van der Waals surface area contributed by atoms with Crippen molar-refractivity contribution in [3.8, 4) is 11.3 Å². The van der Waals surface area contributed by atoms with Crippen LogP contribution in [-0.4, -0.2) is 38.7 Å². The summed E-state index contributed by atoms with van der Waals surface area (Å²) in [6.45, 7) is 0.492. The van der Waals surface area contributed by atoms with Crippen LogP contribution in [0.2, 0.25) is 0 Å². The summed E-state index contributed by atoms with van der Waals surface area (Å²) in [5.41, 5.74) is 3.62. The molecule has 0 saturated heterocycles. The van der Waals surface area contributed by atoms with Gasteiger partial charge in [0.05, 0.1) is 41.5 Å². The number of carbonyl (C=O) groups excluding carboxylic acids is 2. The number of anilines is 1. The zero-order valence-electron chi connectivity index (χ0n) is 18.1. The molecule has 1 N–H and O–H groups in total. The highest BCUT2D eigenvalue weighted by Gasteiger charge is 2.19. The summed E-state index contributed by atoms with van der Waals surface area (Å²) in [6, 6.07) is 18.6. The van der Waals surface area contributed by atoms with Gasteiger partial charge in [-0.05, 0) is 35.9 Å². The Bertz CT molecular complexity index is 1480. The maximum atomic E-state index is 13.3. The number of fused-ring (bicyclic) bond motifs is 1. The van der Waals surface area contributed by atoms with Gasteiger partial charge in [0.25, 0.3) is 5.91 Å². The molecule has 1 aromatic carbocycles. The largest absolute Gasteiger partial charge is 0.465 e. The first-order chi connectivity index (χ1) is 16.6. The zero-order chi connectivity index (χ0) is 23.5. The van der Waals surface area contributed by atoms with Gasteiger partial charge in [0, 0.05) is 18.0 Å². The van der Waals surface area contributed by atoms with Gasteiger partial charge < -0.3 is 10.1 Å². The summed E-state index contributed by atoms with van der Waals surface area (Å²) in [6.07, 6.45) is 5.11. The fraction of sp³-hybridized carbons (Fsp3) is 0.0800. The Balaban J connectivity index is 1.56. The molecule has 168 valence electrons. The van der Waals surface area contributed by atoms with E-state index in [9.17, 15) is 9.59 Å². The normalized spacial score (nSPS) is 10.9. The van der Waals surface area contributed by atoms with Crippen molar-refractivity contribution in [2.75, 3.05) is 12.4 Å². The number of nitrogens with zero attached hydrogens (tertiary/aromatic N) is 4. The second-order valence-corrected chi connectivity index (χ2v) is 8.51. The number of nitrogens with one attached hydrogen (secondary N) is 1. The standard InChI is InChI=1S/C25H19N5O3S/c1-33-25(32)21-7-8-22(34-21)29-24(31)18-13-20(17-5-3-2-4-6-17)28-23-19(18)14-27-30(23)15-16-9-11-26-12-10-16/h2-14H,15H2,1H3,(H,29,31). The van der Waals surface area contributed by atoms with Crippen LogP contribution in [0, 0.1) is 0 Å². The highest BCUT2D eigenvalue weighted by Crippen LogP contribution is 2.28. The Labute approximate surface area is 198 Å². The van der Waals surface area contributed by atoms with Crippen molar-refractivity contribution in [2.45, 2.75) is 6.54 Å². The van der Waals surface area contributed by atoms with Gasteiger partial charge >= 0.3 is 5.97 Å². The molecular formula is C25H19N5O3S. The Kier molecular flexibility index (Phi) is 5.84. The van der Waals surface area contributed by atoms with Crippen molar-refractivity contribution in [2.24, 2.45) is 0 Å². The minimum Gasteiger partial charge on any atom is -0.465 e. The van der Waals surface area contributed by atoms with Crippen molar-refractivity contribution < 1.29 is 14.3 Å². The molecule has 0 unspecified atom stereocenters. The molecule has 0 radical (unpaired) electrons. The summed E-state index contributed by atoms with van der Waals surface area (Å²) < 4.78 is 6.52. The van der Waals surface area contributed by atoms with Crippen molar-refractivity contribution in [3.63, 3.8) is 0 Å². The summed E-state index contributed by atoms with van der Waals surface area (Å²) in [4.78, 5) is 34.4. The van der Waals surface area contributed by atoms with E-state index in [1.54, 1.807) is 41.5 Å². The van der Waals surface area contributed by atoms with Crippen LogP contribution in [0.15, 0.2) is 79.3 Å². The average Bonchev–Trinajstić information content (AvgIpc) is 3.51. The van der Waals surface area contributed by atoms with Gasteiger partial charge in [0.1, 0.15) is 4.88 Å². The topological polar surface area (TPSA) is 99.0 Å². The SMILES string of the molecule is COC(=O)c1ccc(NC(=O)c2cc(-c3ccccc3)nc3c2cnn3Cc2ccncc2)s1. The summed E-state index contributed by atoms with van der Waals surface area (Å²) in [5.74, 6) is -0.758. The van der Waals surface area contributed by atoms with Gasteiger partial charge in [-0.2, -0.15) is 5.10 Å². The third-order valence-corrected chi connectivity index (χ3v) is 6.22. The van der Waals surface area contributed by atoms with Crippen LogP contribution in [0.3, 0.4) is 0 Å². The molecule has 0 fully saturated rings. The maximum absolute atomic E-state index is 13.3. The van der Waals surface area contributed by atoms with E-state index in [0.29, 0.717) is 38.7 Å². The third-order valence-electron chi connectivity index (χ3n) is 5.23. The fourth-order valence-corrected chi connectivity index (χ4v) is 4.38. The quantitative estimate of drug-likeness (QED) is 0.364. The van der Waals surface area contributed by atoms with E-state index in [1.807, 2.05) is 42.5 Å². The van der Waals surface area contributed by atoms with Gasteiger partial charge in [-0.25, -0.2) is 14.5 Å². The van der Waals surface area contributed by atoms with Crippen molar-refractivity contribution >= 4 is 39.2 Å². The molecule has 9 heteroatoms. The molecule has 0 saturated carbocycles. The lowest BCUT2D eigenvalue weighted by molar-refractivity contribution is 0.0606. The summed E-state index contributed by atoms with van der Waals surface area (Å²) in [7, 11) is 1.32. The molecule has 0 atom stereocenters. The number of hydrogen-bond acceptors (Lipinski definition) is 7. The molecule has 1 amide bonds. The number of thiophene rings is 1. The van der Waals surface area contributed by atoms with Crippen LogP contribution in [0.1, 0.15) is 25.6 Å². The van der Waals surface area contributed by atoms with Crippen molar-refractivity contribution in [3.05, 3.63) is 95.3 Å². The van der Waals surface area contributed by atoms with Gasteiger partial charge in [0.15, 0.2) is 5.65 Å². The number of hydrogen-bond donors (Lipinski definition) is 1. The van der Waals surface area contributed by atoms with Gasteiger partial charge in [-0.1, -0.05) is 30.3 Å². The first-order valence-electron chi connectivity index (χ1n) is 10.4. The monoisotopic (exact) mass is 469 g/mol. The van der Waals surface area contributed by atoms with Crippen LogP contribution in [0.25, 0.3) is 22.3 Å². The number of carbonyl (C=O) groups is 2. The molecular weight excluding hydrogens is 450 g/mol. The fourth-order valence-electron chi connectivity index (χ4n) is 3.56. The summed E-state index contributed by atoms with van der Waals surface area (Å²) in [5, 5.41) is 8.57. The second-order valence-electron chi connectivity index (χ2n) is 7.43. The first-order valence-corrected chi connectivity index (χ1v) is 11.2. The lowest BCUT2D eigenvalue weighted by atomic mass is 10.1. The van der Waals surface area contributed by atoms with Crippen molar-refractivity contribution in [1.82, 2.24) is 19.7 Å². The third kappa shape index (κ3) is 4.28. The molecule has 8 nitrogen and oxygen atoms in total. The molecule has 0 aliphatic rings. The number of pyridine rings is 2. The van der Waals surface area contributed by atoms with Crippen LogP contribution in [0.5, 0.6) is 0 Å². The van der Waals surface area contributed by atoms with E-state index in [4.69, 9.17) is 9.72 Å². The molecule has 0 aliphatic carbocycles. The molecule has 0 aliphatic heterocycles. The highest BCUT2D eigenvalue weighted by atomic mass is 32.1. The predicted molar refractivity (Wildman–Crippen MR) is 130 cm³/mol. The number of benzene rings is 1. The van der Waals surface area contributed by atoms with Gasteiger partial charge in [-0.15, -0.1) is 11.3 Å². The molecule has 4 aromatic heterocycles. The highest BCUT2D eigenvalue weighted by molar-refractivity contribution is 7.18. The minimum absolute atomic E-state index is 0.314. The first kappa shape index (κ1) is 21.5. The number of esters is 1. The zero-order valence-corrected chi connectivity index (χ0v) is 19.0. The average molecular weight is 470 g/mol. The number of aromatic nitrogens is 4. The number of ether oxygens (including phenoxy) is 1. The predicted octanol–water partition coefficient (Wildman–Crippen LogP) is 4.64. The molecule has 5 rings (SSSR count). The van der Waals surface area contributed by atoms with Crippen LogP contribution in [-0.2, 0) is 11.3 Å². The lowest BCUT2D eigenvalue weighted by Gasteiger charge is -2.09. The van der Waals surface area contributed by atoms with Crippen LogP contribution >= 0.6 is 11.3 Å². The lowest BCUT2D eigenvalue weighted by Crippen LogP contribution is -2.12. The maximum Gasteiger partial charge on any atom is 0.348 e. The van der Waals surface area contributed by atoms with E-state index in [-0.39, 0.29) is 5.91 Å². The van der Waals surface area contributed by atoms with Crippen LogP contribution in [0.4, 0.5) is 5.00 Å². The Morgan fingerprint density at radius 1 is 1.06 bits per heavy atom. The van der Waals surface area contributed by atoms with Crippen LogP contribution < -0.4 is 5.32 Å². The molecule has 4 heterocycles. The van der Waals surface area contributed by atoms with E-state index in [1.165, 1.54) is 7.11 Å². The molecule has 5 aromatic rings. The van der Waals surface area contributed by atoms with E-state index in [2.05, 4.69) is 15.4 Å². The molecule has 34 heavy (non-hydrogen) atoms. The van der Waals surface area contributed by atoms with Gasteiger partial charge in [-0.3, -0.25) is 9.78 Å². The summed E-state index contributed by atoms with van der Waals surface area (Å²) >= 11 is 1.15. The van der Waals surface area contributed by atoms with Gasteiger partial charge in [0.2, 0.25) is 0 Å². The van der Waals surface area contributed by atoms with E-state index < -0.39 is 5.97 Å². The minimum atomic E-state index is -0.444. The second kappa shape index (κ2) is 9.24. The Hall–Kier alpha value is -4.37. The van der Waals surface area contributed by atoms with Crippen molar-refractivity contribution in [1.29, 1.82) is 0 Å². The smallest absolute Gasteiger partial charge is 0.348 e. The Morgan fingerprint density at radius 2 is 1.85 bits per heavy atom. The Morgan fingerprint density at radius 3 is 2.62 bits per heavy atom. The number of rotatable bonds is 6. The number of amides is 1. The van der Waals surface area contributed by atoms with E-state index >= 15 is 0 Å².